The maximum atomic E-state index is 12.3. The smallest absolute Gasteiger partial charge is 0.291 e. The Hall–Kier alpha value is -1.31. The van der Waals surface area contributed by atoms with Crippen molar-refractivity contribution in [3.8, 4) is 5.69 Å². The van der Waals surface area contributed by atoms with Crippen LogP contribution < -0.4 is 10.5 Å². The minimum absolute atomic E-state index is 0.0681. The Bertz CT molecular complexity index is 907. The van der Waals surface area contributed by atoms with Gasteiger partial charge in [-0.2, -0.15) is 9.78 Å². The van der Waals surface area contributed by atoms with Gasteiger partial charge in [0.15, 0.2) is 0 Å². The van der Waals surface area contributed by atoms with Crippen LogP contribution in [0.25, 0.3) is 5.69 Å². The lowest BCUT2D eigenvalue weighted by atomic mass is 9.92. The van der Waals surface area contributed by atoms with Crippen LogP contribution in [-0.4, -0.2) is 48.3 Å². The van der Waals surface area contributed by atoms with Gasteiger partial charge in [-0.15, -0.1) is 0 Å². The number of morpholine rings is 1. The Morgan fingerprint density at radius 3 is 2.59 bits per heavy atom. The molecule has 1 aromatic carbocycles. The van der Waals surface area contributed by atoms with E-state index in [1.165, 1.54) is 10.9 Å². The summed E-state index contributed by atoms with van der Waals surface area (Å²) < 4.78 is 12.7. The third kappa shape index (κ3) is 3.69. The second kappa shape index (κ2) is 7.60. The number of halogens is 3. The van der Waals surface area contributed by atoms with E-state index in [4.69, 9.17) is 44.3 Å². The summed E-state index contributed by atoms with van der Waals surface area (Å²) in [4.78, 5) is 14.5. The van der Waals surface area contributed by atoms with E-state index in [1.54, 1.807) is 12.1 Å². The highest BCUT2D eigenvalue weighted by Crippen LogP contribution is 2.35. The van der Waals surface area contributed by atoms with Crippen molar-refractivity contribution in [2.75, 3.05) is 37.8 Å². The van der Waals surface area contributed by atoms with Crippen molar-refractivity contribution >= 4 is 40.5 Å². The molecule has 0 amide bonds. The van der Waals surface area contributed by atoms with Crippen LogP contribution in [0.5, 0.6) is 0 Å². The lowest BCUT2D eigenvalue weighted by Crippen LogP contribution is -2.54. The average Bonchev–Trinajstić information content (AvgIpc) is 2.67. The zero-order valence-electron chi connectivity index (χ0n) is 14.5. The fraction of sp³-hybridized carbons (Fsp3) is 0.444. The first-order valence-corrected chi connectivity index (χ1v) is 9.82. The van der Waals surface area contributed by atoms with Gasteiger partial charge >= 0.3 is 0 Å². The van der Waals surface area contributed by atoms with E-state index in [1.807, 2.05) is 6.07 Å². The molecule has 0 N–H and O–H groups in total. The molecule has 3 heterocycles. The molecule has 6 nitrogen and oxygen atoms in total. The number of anilines is 1. The van der Waals surface area contributed by atoms with Crippen LogP contribution in [0.2, 0.25) is 15.1 Å². The molecular weight excluding hydrogens is 413 g/mol. The van der Waals surface area contributed by atoms with Gasteiger partial charge in [-0.3, -0.25) is 4.79 Å². The SMILES string of the molecule is O=c1c(Cl)c(Cl)cnn1-c1ccc(N2CCOC3(CCOCC3)C2)c(Cl)c1. The van der Waals surface area contributed by atoms with Gasteiger partial charge in [-0.05, 0) is 18.2 Å². The number of rotatable bonds is 2. The first-order valence-electron chi connectivity index (χ1n) is 8.69. The van der Waals surface area contributed by atoms with Gasteiger partial charge < -0.3 is 14.4 Å². The Morgan fingerprint density at radius 1 is 1.07 bits per heavy atom. The molecule has 144 valence electrons. The second-order valence-electron chi connectivity index (χ2n) is 6.72. The highest BCUT2D eigenvalue weighted by molar-refractivity contribution is 6.41. The first kappa shape index (κ1) is 19.0. The number of benzene rings is 1. The maximum Gasteiger partial charge on any atom is 0.291 e. The molecule has 0 atom stereocenters. The van der Waals surface area contributed by atoms with Gasteiger partial charge in [0.1, 0.15) is 5.02 Å². The van der Waals surface area contributed by atoms with E-state index in [-0.39, 0.29) is 15.6 Å². The summed E-state index contributed by atoms with van der Waals surface area (Å²) >= 11 is 18.3. The first-order chi connectivity index (χ1) is 13.0. The monoisotopic (exact) mass is 429 g/mol. The van der Waals surface area contributed by atoms with E-state index in [0.29, 0.717) is 30.5 Å². The zero-order chi connectivity index (χ0) is 19.0. The van der Waals surface area contributed by atoms with Crippen molar-refractivity contribution < 1.29 is 9.47 Å². The van der Waals surface area contributed by atoms with Crippen molar-refractivity contribution in [2.45, 2.75) is 18.4 Å². The van der Waals surface area contributed by atoms with Crippen LogP contribution in [0.1, 0.15) is 12.8 Å². The lowest BCUT2D eigenvalue weighted by Gasteiger charge is -2.45. The summed E-state index contributed by atoms with van der Waals surface area (Å²) in [6, 6.07) is 5.40. The molecule has 0 unspecified atom stereocenters. The van der Waals surface area contributed by atoms with Gasteiger partial charge in [-0.1, -0.05) is 34.8 Å². The van der Waals surface area contributed by atoms with Crippen LogP contribution in [0, 0.1) is 0 Å². The molecule has 0 radical (unpaired) electrons. The molecule has 2 aliphatic heterocycles. The molecule has 1 spiro atoms. The highest BCUT2D eigenvalue weighted by atomic mass is 35.5. The third-order valence-corrected chi connectivity index (χ3v) is 6.10. The predicted octanol–water partition coefficient (Wildman–Crippen LogP) is 3.58. The lowest BCUT2D eigenvalue weighted by molar-refractivity contribution is -0.116. The Kier molecular flexibility index (Phi) is 5.36. The highest BCUT2D eigenvalue weighted by Gasteiger charge is 2.38. The fourth-order valence-electron chi connectivity index (χ4n) is 3.58. The van der Waals surface area contributed by atoms with Crippen molar-refractivity contribution in [3.63, 3.8) is 0 Å². The van der Waals surface area contributed by atoms with Gasteiger partial charge in [0.2, 0.25) is 0 Å². The largest absolute Gasteiger partial charge is 0.381 e. The van der Waals surface area contributed by atoms with E-state index in [9.17, 15) is 4.79 Å². The summed E-state index contributed by atoms with van der Waals surface area (Å²) in [5, 5.41) is 4.63. The number of hydrogen-bond acceptors (Lipinski definition) is 5. The van der Waals surface area contributed by atoms with Crippen molar-refractivity contribution in [2.24, 2.45) is 0 Å². The van der Waals surface area contributed by atoms with Crippen molar-refractivity contribution in [1.82, 2.24) is 9.78 Å². The third-order valence-electron chi connectivity index (χ3n) is 5.05. The summed E-state index contributed by atoms with van der Waals surface area (Å²) in [6.07, 6.45) is 3.09. The molecule has 4 rings (SSSR count). The van der Waals surface area contributed by atoms with Gasteiger partial charge in [0.25, 0.3) is 5.56 Å². The summed E-state index contributed by atoms with van der Waals surface area (Å²) in [6.45, 7) is 3.60. The summed E-state index contributed by atoms with van der Waals surface area (Å²) in [5.41, 5.74) is 0.769. The Balaban J connectivity index is 1.62. The quantitative estimate of drug-likeness (QED) is 0.729. The van der Waals surface area contributed by atoms with Crippen LogP contribution in [0.15, 0.2) is 29.2 Å². The number of hydrogen-bond donors (Lipinski definition) is 0. The molecule has 2 fully saturated rings. The van der Waals surface area contributed by atoms with E-state index in [0.717, 1.165) is 31.6 Å². The molecule has 0 aliphatic carbocycles. The maximum absolute atomic E-state index is 12.3. The van der Waals surface area contributed by atoms with Crippen molar-refractivity contribution in [1.29, 1.82) is 0 Å². The van der Waals surface area contributed by atoms with E-state index >= 15 is 0 Å². The second-order valence-corrected chi connectivity index (χ2v) is 7.92. The van der Waals surface area contributed by atoms with Crippen LogP contribution in [0.4, 0.5) is 5.69 Å². The summed E-state index contributed by atoms with van der Waals surface area (Å²) in [5.74, 6) is 0. The van der Waals surface area contributed by atoms with Crippen LogP contribution in [0.3, 0.4) is 0 Å². The Morgan fingerprint density at radius 2 is 1.85 bits per heavy atom. The predicted molar refractivity (Wildman–Crippen MR) is 106 cm³/mol. The van der Waals surface area contributed by atoms with E-state index in [2.05, 4.69) is 10.00 Å². The molecule has 2 saturated heterocycles. The molecular formula is C18H18Cl3N3O3. The topological polar surface area (TPSA) is 56.6 Å². The van der Waals surface area contributed by atoms with Crippen LogP contribution >= 0.6 is 34.8 Å². The van der Waals surface area contributed by atoms with Gasteiger partial charge in [0, 0.05) is 39.1 Å². The van der Waals surface area contributed by atoms with E-state index < -0.39 is 5.56 Å². The van der Waals surface area contributed by atoms with Gasteiger partial charge in [-0.25, -0.2) is 0 Å². The molecule has 0 bridgehead atoms. The molecule has 2 aromatic rings. The minimum atomic E-state index is -0.486. The number of nitrogens with zero attached hydrogens (tertiary/aromatic N) is 3. The van der Waals surface area contributed by atoms with Crippen LogP contribution in [-0.2, 0) is 9.47 Å². The standard InChI is InChI=1S/C18H18Cl3N3O3/c19-13-9-12(24-17(25)16(21)14(20)10-22-24)1-2-15(13)23-5-8-27-18(11-23)3-6-26-7-4-18/h1-2,9-10H,3-8,11H2. The molecule has 9 heteroatoms. The average molecular weight is 431 g/mol. The number of aromatic nitrogens is 2. The fourth-order valence-corrected chi connectivity index (χ4v) is 4.12. The normalized spacial score (nSPS) is 19.4. The molecule has 2 aliphatic rings. The molecule has 0 saturated carbocycles. The number of ether oxygens (including phenoxy) is 2. The zero-order valence-corrected chi connectivity index (χ0v) is 16.7. The molecule has 27 heavy (non-hydrogen) atoms. The van der Waals surface area contributed by atoms with Gasteiger partial charge in [0.05, 0.1) is 39.8 Å². The van der Waals surface area contributed by atoms with Crippen molar-refractivity contribution in [3.05, 3.63) is 49.8 Å². The minimum Gasteiger partial charge on any atom is -0.381 e. The Labute approximate surface area is 171 Å². The summed E-state index contributed by atoms with van der Waals surface area (Å²) in [7, 11) is 0. The molecule has 1 aromatic heterocycles.